The molecule has 1 saturated heterocycles. The Bertz CT molecular complexity index is 579. The minimum Gasteiger partial charge on any atom is -0.378 e. The molecule has 2 fully saturated rings. The van der Waals surface area contributed by atoms with Gasteiger partial charge in [-0.2, -0.15) is 0 Å². The molecule has 1 aliphatic carbocycles. The largest absolute Gasteiger partial charge is 0.378 e. The summed E-state index contributed by atoms with van der Waals surface area (Å²) in [5.74, 6) is 0.285. The first-order chi connectivity index (χ1) is 12.2. The molecule has 0 spiro atoms. The molecule has 0 radical (unpaired) electrons. The number of benzene rings is 1. The van der Waals surface area contributed by atoms with Gasteiger partial charge in [-0.15, -0.1) is 0 Å². The summed E-state index contributed by atoms with van der Waals surface area (Å²) in [7, 11) is 0. The fourth-order valence-corrected chi connectivity index (χ4v) is 4.44. The predicted molar refractivity (Wildman–Crippen MR) is 101 cm³/mol. The highest BCUT2D eigenvalue weighted by Crippen LogP contribution is 2.43. The van der Waals surface area contributed by atoms with Crippen molar-refractivity contribution in [2.75, 3.05) is 26.2 Å². The second kappa shape index (κ2) is 8.52. The van der Waals surface area contributed by atoms with Crippen LogP contribution in [-0.4, -0.2) is 43.2 Å². The van der Waals surface area contributed by atoms with Crippen LogP contribution < -0.4 is 5.73 Å². The molecule has 25 heavy (non-hydrogen) atoms. The van der Waals surface area contributed by atoms with Gasteiger partial charge in [0.1, 0.15) is 0 Å². The SMILES string of the molecule is NCCCOC1CCN(C(=O)C2(c3cccc(Cl)c3)CCCC2)CC1. The molecule has 1 aliphatic heterocycles. The lowest BCUT2D eigenvalue weighted by Gasteiger charge is -2.38. The monoisotopic (exact) mass is 364 g/mol. The zero-order valence-electron chi connectivity index (χ0n) is 14.9. The molecule has 0 atom stereocenters. The Morgan fingerprint density at radius 1 is 1.28 bits per heavy atom. The molecule has 1 aromatic rings. The van der Waals surface area contributed by atoms with Gasteiger partial charge >= 0.3 is 0 Å². The number of halogens is 1. The minimum atomic E-state index is -0.377. The summed E-state index contributed by atoms with van der Waals surface area (Å²) in [6.45, 7) is 2.96. The van der Waals surface area contributed by atoms with Crippen LogP contribution in [0.2, 0.25) is 5.02 Å². The molecule has 0 aromatic heterocycles. The molecule has 1 aromatic carbocycles. The standard InChI is InChI=1S/C20H29ClN2O2/c21-17-6-3-5-16(15-17)20(9-1-2-10-20)19(24)23-12-7-18(8-13-23)25-14-4-11-22/h3,5-6,15,18H,1-2,4,7-14,22H2. The number of nitrogens with zero attached hydrogens (tertiary/aromatic N) is 1. The fourth-order valence-electron chi connectivity index (χ4n) is 4.25. The number of carbonyl (C=O) groups excluding carboxylic acids is 1. The van der Waals surface area contributed by atoms with Crippen LogP contribution >= 0.6 is 11.6 Å². The van der Waals surface area contributed by atoms with Gasteiger partial charge in [0.05, 0.1) is 11.5 Å². The molecular weight excluding hydrogens is 336 g/mol. The molecule has 1 amide bonds. The van der Waals surface area contributed by atoms with Gasteiger partial charge in [0.25, 0.3) is 0 Å². The van der Waals surface area contributed by atoms with Crippen molar-refractivity contribution in [1.82, 2.24) is 4.90 Å². The first kappa shape index (κ1) is 18.7. The molecule has 0 bridgehead atoms. The summed E-state index contributed by atoms with van der Waals surface area (Å²) >= 11 is 6.20. The highest BCUT2D eigenvalue weighted by Gasteiger charge is 2.45. The number of amides is 1. The van der Waals surface area contributed by atoms with E-state index in [0.717, 1.165) is 70.2 Å². The van der Waals surface area contributed by atoms with E-state index in [-0.39, 0.29) is 17.4 Å². The van der Waals surface area contributed by atoms with Crippen LogP contribution in [0.3, 0.4) is 0 Å². The maximum atomic E-state index is 13.4. The number of rotatable bonds is 6. The van der Waals surface area contributed by atoms with Crippen molar-refractivity contribution in [3.05, 3.63) is 34.9 Å². The summed E-state index contributed by atoms with van der Waals surface area (Å²) < 4.78 is 5.87. The van der Waals surface area contributed by atoms with Gasteiger partial charge in [0, 0.05) is 24.7 Å². The maximum Gasteiger partial charge on any atom is 0.233 e. The molecule has 2 N–H and O–H groups in total. The zero-order valence-corrected chi connectivity index (χ0v) is 15.6. The predicted octanol–water partition coefficient (Wildman–Crippen LogP) is 3.51. The molecular formula is C20H29ClN2O2. The quantitative estimate of drug-likeness (QED) is 0.786. The van der Waals surface area contributed by atoms with Crippen molar-refractivity contribution < 1.29 is 9.53 Å². The zero-order chi connectivity index (χ0) is 17.7. The number of carbonyl (C=O) groups is 1. The average Bonchev–Trinajstić information content (AvgIpc) is 3.13. The van der Waals surface area contributed by atoms with E-state index in [1.54, 1.807) is 0 Å². The molecule has 138 valence electrons. The second-order valence-corrected chi connectivity index (χ2v) is 7.74. The summed E-state index contributed by atoms with van der Waals surface area (Å²) in [6.07, 6.45) is 7.08. The Hall–Kier alpha value is -1.10. The molecule has 1 saturated carbocycles. The van der Waals surface area contributed by atoms with E-state index in [4.69, 9.17) is 22.1 Å². The number of nitrogens with two attached hydrogens (primary N) is 1. The van der Waals surface area contributed by atoms with Gasteiger partial charge < -0.3 is 15.4 Å². The highest BCUT2D eigenvalue weighted by atomic mass is 35.5. The number of hydrogen-bond donors (Lipinski definition) is 1. The molecule has 4 nitrogen and oxygen atoms in total. The van der Waals surface area contributed by atoms with Crippen LogP contribution in [0.4, 0.5) is 0 Å². The third-order valence-corrected chi connectivity index (χ3v) is 5.91. The van der Waals surface area contributed by atoms with Crippen LogP contribution in [0.1, 0.15) is 50.5 Å². The van der Waals surface area contributed by atoms with Gasteiger partial charge in [-0.3, -0.25) is 4.79 Å². The van der Waals surface area contributed by atoms with E-state index >= 15 is 0 Å². The summed E-state index contributed by atoms with van der Waals surface area (Å²) in [4.78, 5) is 15.5. The van der Waals surface area contributed by atoms with Crippen molar-refractivity contribution in [3.8, 4) is 0 Å². The molecule has 2 aliphatic rings. The Morgan fingerprint density at radius 3 is 2.64 bits per heavy atom. The van der Waals surface area contributed by atoms with Crippen LogP contribution in [0.5, 0.6) is 0 Å². The van der Waals surface area contributed by atoms with Crippen molar-refractivity contribution in [2.24, 2.45) is 5.73 Å². The van der Waals surface area contributed by atoms with Gasteiger partial charge in [-0.05, 0) is 56.3 Å². The van der Waals surface area contributed by atoms with Crippen LogP contribution in [0.25, 0.3) is 0 Å². The first-order valence-electron chi connectivity index (χ1n) is 9.53. The van der Waals surface area contributed by atoms with E-state index < -0.39 is 0 Å². The van der Waals surface area contributed by atoms with E-state index in [1.165, 1.54) is 0 Å². The molecule has 1 heterocycles. The summed E-state index contributed by atoms with van der Waals surface area (Å²) in [5.41, 5.74) is 6.22. The third-order valence-electron chi connectivity index (χ3n) is 5.67. The Labute approximate surface area is 155 Å². The van der Waals surface area contributed by atoms with Gasteiger partial charge in [-0.1, -0.05) is 36.6 Å². The summed E-state index contributed by atoms with van der Waals surface area (Å²) in [6, 6.07) is 7.89. The first-order valence-corrected chi connectivity index (χ1v) is 9.90. The minimum absolute atomic E-state index is 0.265. The van der Waals surface area contributed by atoms with E-state index in [1.807, 2.05) is 18.2 Å². The number of piperidine rings is 1. The number of likely N-dealkylation sites (tertiary alicyclic amines) is 1. The van der Waals surface area contributed by atoms with Crippen LogP contribution in [0, 0.1) is 0 Å². The van der Waals surface area contributed by atoms with Crippen molar-refractivity contribution in [1.29, 1.82) is 0 Å². The lowest BCUT2D eigenvalue weighted by Crippen LogP contribution is -2.49. The highest BCUT2D eigenvalue weighted by molar-refractivity contribution is 6.30. The number of ether oxygens (including phenoxy) is 1. The molecule has 5 heteroatoms. The normalized spacial score (nSPS) is 20.8. The van der Waals surface area contributed by atoms with E-state index in [0.29, 0.717) is 11.6 Å². The van der Waals surface area contributed by atoms with Crippen molar-refractivity contribution >= 4 is 17.5 Å². The average molecular weight is 365 g/mol. The Morgan fingerprint density at radius 2 is 2.00 bits per heavy atom. The van der Waals surface area contributed by atoms with Crippen molar-refractivity contribution in [3.63, 3.8) is 0 Å². The van der Waals surface area contributed by atoms with Crippen LogP contribution in [-0.2, 0) is 14.9 Å². The third kappa shape index (κ3) is 4.18. The van der Waals surface area contributed by atoms with Crippen molar-refractivity contribution in [2.45, 2.75) is 56.5 Å². The molecule has 3 rings (SSSR count). The lowest BCUT2D eigenvalue weighted by molar-refractivity contribution is -0.140. The van der Waals surface area contributed by atoms with Gasteiger partial charge in [-0.25, -0.2) is 0 Å². The topological polar surface area (TPSA) is 55.6 Å². The van der Waals surface area contributed by atoms with E-state index in [9.17, 15) is 4.79 Å². The van der Waals surface area contributed by atoms with E-state index in [2.05, 4.69) is 11.0 Å². The maximum absolute atomic E-state index is 13.4. The Kier molecular flexibility index (Phi) is 6.37. The van der Waals surface area contributed by atoms with Crippen LogP contribution in [0.15, 0.2) is 24.3 Å². The second-order valence-electron chi connectivity index (χ2n) is 7.30. The smallest absolute Gasteiger partial charge is 0.233 e. The number of hydrogen-bond acceptors (Lipinski definition) is 3. The summed E-state index contributed by atoms with van der Waals surface area (Å²) in [5, 5.41) is 0.712. The van der Waals surface area contributed by atoms with Gasteiger partial charge in [0.15, 0.2) is 0 Å². The van der Waals surface area contributed by atoms with Gasteiger partial charge in [0.2, 0.25) is 5.91 Å². The Balaban J connectivity index is 1.66. The molecule has 0 unspecified atom stereocenters. The lowest BCUT2D eigenvalue weighted by atomic mass is 9.77. The fraction of sp³-hybridized carbons (Fsp3) is 0.650.